The molecule has 5 heteroatoms. The Bertz CT molecular complexity index is 666. The molecule has 114 valence electrons. The van der Waals surface area contributed by atoms with Crippen LogP contribution in [0.5, 0.6) is 5.75 Å². The van der Waals surface area contributed by atoms with Crippen molar-refractivity contribution in [2.24, 2.45) is 0 Å². The maximum Gasteiger partial charge on any atom is 0.127 e. The molecule has 5 nitrogen and oxygen atoms in total. The number of rotatable bonds is 3. The Labute approximate surface area is 129 Å². The van der Waals surface area contributed by atoms with E-state index >= 15 is 0 Å². The van der Waals surface area contributed by atoms with Crippen molar-refractivity contribution >= 4 is 6.08 Å². The van der Waals surface area contributed by atoms with Crippen molar-refractivity contribution < 1.29 is 9.47 Å². The van der Waals surface area contributed by atoms with E-state index in [9.17, 15) is 0 Å². The van der Waals surface area contributed by atoms with Crippen LogP contribution in [0, 0.1) is 0 Å². The van der Waals surface area contributed by atoms with Gasteiger partial charge in [-0.15, -0.1) is 0 Å². The summed E-state index contributed by atoms with van der Waals surface area (Å²) < 4.78 is 11.5. The third-order valence-electron chi connectivity index (χ3n) is 4.22. The lowest BCUT2D eigenvalue weighted by atomic mass is 10.1. The fourth-order valence-corrected chi connectivity index (χ4v) is 3.08. The number of fused-ring (bicyclic) bond motifs is 1. The zero-order valence-electron chi connectivity index (χ0n) is 12.4. The van der Waals surface area contributed by atoms with E-state index in [4.69, 9.17) is 9.47 Å². The number of hydrogen-bond acceptors (Lipinski definition) is 4. The molecule has 1 saturated heterocycles. The number of nitrogens with one attached hydrogen (secondary N) is 1. The summed E-state index contributed by atoms with van der Waals surface area (Å²) in [5, 5.41) is 7.13. The lowest BCUT2D eigenvalue weighted by molar-refractivity contribution is -0.00609. The summed E-state index contributed by atoms with van der Waals surface area (Å²) in [6.07, 6.45) is 4.04. The molecule has 22 heavy (non-hydrogen) atoms. The Morgan fingerprint density at radius 2 is 2.23 bits per heavy atom. The van der Waals surface area contributed by atoms with Gasteiger partial charge in [0.25, 0.3) is 0 Å². The van der Waals surface area contributed by atoms with Gasteiger partial charge in [-0.3, -0.25) is 10.00 Å². The third-order valence-corrected chi connectivity index (χ3v) is 4.22. The number of nitrogens with zero attached hydrogens (tertiary/aromatic N) is 2. The minimum atomic E-state index is 0.231. The normalized spacial score (nSPS) is 21.8. The molecular weight excluding hydrogens is 278 g/mol. The van der Waals surface area contributed by atoms with Crippen LogP contribution in [0.25, 0.3) is 6.08 Å². The van der Waals surface area contributed by atoms with E-state index in [0.717, 1.165) is 36.7 Å². The maximum absolute atomic E-state index is 5.86. The Morgan fingerprint density at radius 1 is 1.27 bits per heavy atom. The average molecular weight is 297 g/mol. The van der Waals surface area contributed by atoms with Crippen molar-refractivity contribution in [3.8, 4) is 5.75 Å². The highest BCUT2D eigenvalue weighted by Crippen LogP contribution is 2.28. The van der Waals surface area contributed by atoms with Crippen molar-refractivity contribution in [2.45, 2.75) is 6.04 Å². The largest absolute Gasteiger partial charge is 0.489 e. The Hall–Kier alpha value is -2.11. The lowest BCUT2D eigenvalue weighted by Gasteiger charge is -2.35. The predicted octanol–water partition coefficient (Wildman–Crippen LogP) is 2.26. The van der Waals surface area contributed by atoms with Gasteiger partial charge in [0.05, 0.1) is 24.9 Å². The van der Waals surface area contributed by atoms with Crippen LogP contribution in [0.15, 0.2) is 42.1 Å². The van der Waals surface area contributed by atoms with Gasteiger partial charge in [-0.2, -0.15) is 5.10 Å². The van der Waals surface area contributed by atoms with Gasteiger partial charge in [-0.1, -0.05) is 18.2 Å². The Morgan fingerprint density at radius 3 is 3.14 bits per heavy atom. The van der Waals surface area contributed by atoms with Gasteiger partial charge in [0.15, 0.2) is 0 Å². The SMILES string of the molecule is C1=C(CN2CCOC[C@@H]2c2ccn[nH]2)COc2ccccc21. The number of H-pyrrole nitrogens is 1. The number of benzene rings is 1. The fraction of sp³-hybridized carbons (Fsp3) is 0.353. The van der Waals surface area contributed by atoms with E-state index in [0.29, 0.717) is 13.2 Å². The minimum Gasteiger partial charge on any atom is -0.489 e. The Kier molecular flexibility index (Phi) is 3.66. The molecule has 0 aliphatic carbocycles. The number of ether oxygens (including phenoxy) is 2. The van der Waals surface area contributed by atoms with Crippen molar-refractivity contribution in [1.29, 1.82) is 0 Å². The van der Waals surface area contributed by atoms with Gasteiger partial charge < -0.3 is 9.47 Å². The second kappa shape index (κ2) is 5.94. The van der Waals surface area contributed by atoms with Gasteiger partial charge in [0.2, 0.25) is 0 Å². The highest BCUT2D eigenvalue weighted by Gasteiger charge is 2.27. The van der Waals surface area contributed by atoms with Crippen molar-refractivity contribution in [3.63, 3.8) is 0 Å². The summed E-state index contributed by atoms with van der Waals surface area (Å²) in [6, 6.07) is 10.4. The van der Waals surface area contributed by atoms with Crippen LogP contribution in [0.2, 0.25) is 0 Å². The average Bonchev–Trinajstić information content (AvgIpc) is 3.10. The first kappa shape index (κ1) is 13.5. The molecule has 0 unspecified atom stereocenters. The van der Waals surface area contributed by atoms with E-state index in [2.05, 4.69) is 27.2 Å². The summed E-state index contributed by atoms with van der Waals surface area (Å²) in [4.78, 5) is 2.43. The molecule has 2 aliphatic rings. The van der Waals surface area contributed by atoms with Crippen LogP contribution in [0.4, 0.5) is 0 Å². The molecule has 1 aromatic carbocycles. The molecule has 1 aromatic heterocycles. The van der Waals surface area contributed by atoms with Crippen LogP contribution in [-0.4, -0.2) is 48.0 Å². The molecule has 2 aromatic rings. The minimum absolute atomic E-state index is 0.231. The molecule has 1 N–H and O–H groups in total. The zero-order chi connectivity index (χ0) is 14.8. The molecule has 0 saturated carbocycles. The molecule has 1 atom stereocenters. The lowest BCUT2D eigenvalue weighted by Crippen LogP contribution is -2.41. The third kappa shape index (κ3) is 2.65. The molecule has 3 heterocycles. The van der Waals surface area contributed by atoms with Crippen LogP contribution in [0.1, 0.15) is 17.3 Å². The highest BCUT2D eigenvalue weighted by atomic mass is 16.5. The standard InChI is InChI=1S/C17H19N3O2/c1-2-4-17-14(3-1)9-13(11-22-17)10-20-7-8-21-12-16(20)15-5-6-18-19-15/h1-6,9,16H,7-8,10-12H2,(H,18,19)/t16-/m1/s1. The van der Waals surface area contributed by atoms with Gasteiger partial charge in [0.1, 0.15) is 12.4 Å². The molecule has 0 radical (unpaired) electrons. The number of aromatic amines is 1. The zero-order valence-corrected chi connectivity index (χ0v) is 12.4. The smallest absolute Gasteiger partial charge is 0.127 e. The van der Waals surface area contributed by atoms with Gasteiger partial charge in [0, 0.05) is 24.8 Å². The van der Waals surface area contributed by atoms with Gasteiger partial charge in [-0.25, -0.2) is 0 Å². The highest BCUT2D eigenvalue weighted by molar-refractivity contribution is 5.62. The number of morpholine rings is 1. The summed E-state index contributed by atoms with van der Waals surface area (Å²) in [6.45, 7) is 3.94. The predicted molar refractivity (Wildman–Crippen MR) is 83.6 cm³/mol. The summed E-state index contributed by atoms with van der Waals surface area (Å²) in [5.74, 6) is 0.971. The molecule has 0 bridgehead atoms. The Balaban J connectivity index is 1.53. The van der Waals surface area contributed by atoms with Crippen molar-refractivity contribution in [2.75, 3.05) is 32.9 Å². The van der Waals surface area contributed by atoms with E-state index in [1.54, 1.807) is 6.20 Å². The van der Waals surface area contributed by atoms with Crippen molar-refractivity contribution in [3.05, 3.63) is 53.4 Å². The molecule has 1 fully saturated rings. The van der Waals surface area contributed by atoms with Crippen LogP contribution in [0.3, 0.4) is 0 Å². The first-order valence-corrected chi connectivity index (χ1v) is 7.62. The number of aromatic nitrogens is 2. The molecule has 0 spiro atoms. The van der Waals surface area contributed by atoms with Gasteiger partial charge >= 0.3 is 0 Å². The van der Waals surface area contributed by atoms with E-state index in [1.165, 1.54) is 5.57 Å². The van der Waals surface area contributed by atoms with E-state index < -0.39 is 0 Å². The van der Waals surface area contributed by atoms with E-state index in [-0.39, 0.29) is 6.04 Å². The molecule has 2 aliphatic heterocycles. The summed E-state index contributed by atoms with van der Waals surface area (Å²) in [5.41, 5.74) is 3.57. The number of hydrogen-bond donors (Lipinski definition) is 1. The van der Waals surface area contributed by atoms with Crippen LogP contribution < -0.4 is 4.74 Å². The second-order valence-electron chi connectivity index (χ2n) is 5.70. The van der Waals surface area contributed by atoms with Crippen molar-refractivity contribution in [1.82, 2.24) is 15.1 Å². The molecule has 0 amide bonds. The summed E-state index contributed by atoms with van der Waals surface area (Å²) >= 11 is 0. The summed E-state index contributed by atoms with van der Waals surface area (Å²) in [7, 11) is 0. The quantitative estimate of drug-likeness (QED) is 0.944. The van der Waals surface area contributed by atoms with Crippen LogP contribution in [-0.2, 0) is 4.74 Å². The first-order valence-electron chi connectivity index (χ1n) is 7.62. The van der Waals surface area contributed by atoms with E-state index in [1.807, 2.05) is 24.3 Å². The topological polar surface area (TPSA) is 50.4 Å². The first-order chi connectivity index (χ1) is 10.9. The monoisotopic (exact) mass is 297 g/mol. The molecular formula is C17H19N3O2. The number of para-hydroxylation sites is 1. The van der Waals surface area contributed by atoms with Crippen LogP contribution >= 0.6 is 0 Å². The maximum atomic E-state index is 5.86. The second-order valence-corrected chi connectivity index (χ2v) is 5.70. The van der Waals surface area contributed by atoms with Gasteiger partial charge in [-0.05, 0) is 23.8 Å². The fourth-order valence-electron chi connectivity index (χ4n) is 3.08. The molecule has 4 rings (SSSR count).